The number of aryl methyl sites for hydroxylation is 1. The summed E-state index contributed by atoms with van der Waals surface area (Å²) < 4.78 is 4.91. The summed E-state index contributed by atoms with van der Waals surface area (Å²) in [7, 11) is 1.84. The van der Waals surface area contributed by atoms with E-state index in [0.717, 1.165) is 23.7 Å². The van der Waals surface area contributed by atoms with Crippen LogP contribution in [-0.2, 0) is 13.6 Å². The van der Waals surface area contributed by atoms with Gasteiger partial charge in [0.15, 0.2) is 11.5 Å². The van der Waals surface area contributed by atoms with Gasteiger partial charge in [-0.3, -0.25) is 18.8 Å². The van der Waals surface area contributed by atoms with Gasteiger partial charge in [0.05, 0.1) is 18.1 Å². The molecule has 1 saturated heterocycles. The largest absolute Gasteiger partial charge is 0.332 e. The molecule has 152 valence electrons. The Labute approximate surface area is 172 Å². The third-order valence-electron chi connectivity index (χ3n) is 5.60. The number of likely N-dealkylation sites (tertiary alicyclic amines) is 1. The molecule has 0 spiro atoms. The van der Waals surface area contributed by atoms with E-state index in [-0.39, 0.29) is 17.5 Å². The molecule has 5 rings (SSSR count). The van der Waals surface area contributed by atoms with E-state index >= 15 is 0 Å². The van der Waals surface area contributed by atoms with E-state index in [1.165, 1.54) is 10.7 Å². The molecule has 0 radical (unpaired) electrons. The standard InChI is InChI=1S/C21H21N7O2/c1-25-17-7-3-2-6-16(17)20(24-25)21(30)27-11-4-5-15(27)13-28-19(29)9-8-18(23-28)26-12-10-22-14-26/h2-3,6-10,12,14-15H,4-5,11,13H2,1H3. The molecular weight excluding hydrogens is 382 g/mol. The number of para-hydroxylation sites is 1. The smallest absolute Gasteiger partial charge is 0.275 e. The van der Waals surface area contributed by atoms with Crippen molar-refractivity contribution in [3.63, 3.8) is 0 Å². The minimum atomic E-state index is -0.193. The zero-order valence-corrected chi connectivity index (χ0v) is 16.5. The molecule has 4 heterocycles. The average Bonchev–Trinajstić information content (AvgIpc) is 3.50. The van der Waals surface area contributed by atoms with Crippen LogP contribution in [-0.4, -0.2) is 52.5 Å². The van der Waals surface area contributed by atoms with E-state index in [2.05, 4.69) is 15.2 Å². The first-order valence-electron chi connectivity index (χ1n) is 9.91. The lowest BCUT2D eigenvalue weighted by Gasteiger charge is -2.24. The number of benzene rings is 1. The van der Waals surface area contributed by atoms with Gasteiger partial charge in [-0.25, -0.2) is 9.67 Å². The molecule has 30 heavy (non-hydrogen) atoms. The summed E-state index contributed by atoms with van der Waals surface area (Å²) in [6, 6.07) is 10.8. The minimum absolute atomic E-state index is 0.104. The molecule has 1 aromatic carbocycles. The van der Waals surface area contributed by atoms with Gasteiger partial charge in [0.2, 0.25) is 0 Å². The van der Waals surface area contributed by atoms with E-state index in [1.807, 2.05) is 36.2 Å². The summed E-state index contributed by atoms with van der Waals surface area (Å²) in [5.41, 5.74) is 1.18. The number of carbonyl (C=O) groups is 1. The number of carbonyl (C=O) groups excluding carboxylic acids is 1. The highest BCUT2D eigenvalue weighted by Gasteiger charge is 2.32. The SMILES string of the molecule is Cn1nc(C(=O)N2CCCC2Cn2nc(-n3ccnc3)ccc2=O)c2ccccc21. The third-order valence-corrected chi connectivity index (χ3v) is 5.60. The van der Waals surface area contributed by atoms with Gasteiger partial charge in [0.1, 0.15) is 6.33 Å². The summed E-state index contributed by atoms with van der Waals surface area (Å²) in [5.74, 6) is 0.506. The average molecular weight is 403 g/mol. The lowest BCUT2D eigenvalue weighted by atomic mass is 10.1. The van der Waals surface area contributed by atoms with E-state index in [1.54, 1.807) is 34.0 Å². The molecular formula is C21H21N7O2. The van der Waals surface area contributed by atoms with Gasteiger partial charge in [0, 0.05) is 37.4 Å². The van der Waals surface area contributed by atoms with E-state index in [4.69, 9.17) is 0 Å². The molecule has 3 aromatic heterocycles. The van der Waals surface area contributed by atoms with E-state index in [0.29, 0.717) is 24.6 Å². The summed E-state index contributed by atoms with van der Waals surface area (Å²) >= 11 is 0. The topological polar surface area (TPSA) is 90.8 Å². The predicted octanol–water partition coefficient (Wildman–Crippen LogP) is 1.62. The maximum atomic E-state index is 13.3. The van der Waals surface area contributed by atoms with Crippen LogP contribution in [0.5, 0.6) is 0 Å². The minimum Gasteiger partial charge on any atom is -0.332 e. The van der Waals surface area contributed by atoms with Crippen LogP contribution in [0.15, 0.2) is 59.9 Å². The van der Waals surface area contributed by atoms with Crippen LogP contribution in [0.1, 0.15) is 23.3 Å². The lowest BCUT2D eigenvalue weighted by molar-refractivity contribution is 0.0715. The first kappa shape index (κ1) is 18.3. The number of rotatable bonds is 4. The highest BCUT2D eigenvalue weighted by atomic mass is 16.2. The molecule has 1 aliphatic heterocycles. The second-order valence-corrected chi connectivity index (χ2v) is 7.47. The zero-order chi connectivity index (χ0) is 20.7. The maximum absolute atomic E-state index is 13.3. The van der Waals surface area contributed by atoms with Crippen molar-refractivity contribution in [2.24, 2.45) is 7.05 Å². The molecule has 9 heteroatoms. The number of aromatic nitrogens is 6. The van der Waals surface area contributed by atoms with Gasteiger partial charge in [-0.2, -0.15) is 10.2 Å². The van der Waals surface area contributed by atoms with Crippen molar-refractivity contribution < 1.29 is 4.79 Å². The lowest BCUT2D eigenvalue weighted by Crippen LogP contribution is -2.41. The molecule has 0 aliphatic carbocycles. The van der Waals surface area contributed by atoms with Gasteiger partial charge in [-0.15, -0.1) is 0 Å². The Morgan fingerprint density at radius 1 is 1.17 bits per heavy atom. The van der Waals surface area contributed by atoms with E-state index < -0.39 is 0 Å². The summed E-state index contributed by atoms with van der Waals surface area (Å²) in [6.45, 7) is 0.988. The quantitative estimate of drug-likeness (QED) is 0.516. The van der Waals surface area contributed by atoms with Crippen molar-refractivity contribution in [3.05, 3.63) is 71.2 Å². The molecule has 9 nitrogen and oxygen atoms in total. The van der Waals surface area contributed by atoms with Crippen LogP contribution in [0, 0.1) is 0 Å². The van der Waals surface area contributed by atoms with Crippen LogP contribution in [0.4, 0.5) is 0 Å². The summed E-state index contributed by atoms with van der Waals surface area (Å²) in [5, 5.41) is 9.78. The number of amides is 1. The van der Waals surface area contributed by atoms with Crippen molar-refractivity contribution in [1.29, 1.82) is 0 Å². The second-order valence-electron chi connectivity index (χ2n) is 7.47. The van der Waals surface area contributed by atoms with Gasteiger partial charge in [-0.1, -0.05) is 18.2 Å². The van der Waals surface area contributed by atoms with Crippen LogP contribution in [0.25, 0.3) is 16.7 Å². The van der Waals surface area contributed by atoms with Crippen LogP contribution >= 0.6 is 0 Å². The first-order chi connectivity index (χ1) is 14.6. The fourth-order valence-electron chi connectivity index (χ4n) is 4.10. The van der Waals surface area contributed by atoms with Crippen molar-refractivity contribution >= 4 is 16.8 Å². The maximum Gasteiger partial charge on any atom is 0.275 e. The Bertz CT molecular complexity index is 1270. The Hall–Kier alpha value is -3.75. The van der Waals surface area contributed by atoms with Crippen LogP contribution in [0.2, 0.25) is 0 Å². The van der Waals surface area contributed by atoms with E-state index in [9.17, 15) is 9.59 Å². The fraction of sp³-hybridized carbons (Fsp3) is 0.286. The molecule has 1 aliphatic rings. The van der Waals surface area contributed by atoms with Gasteiger partial charge >= 0.3 is 0 Å². The Balaban J connectivity index is 1.44. The Morgan fingerprint density at radius 3 is 2.87 bits per heavy atom. The molecule has 4 aromatic rings. The fourth-order valence-corrected chi connectivity index (χ4v) is 4.10. The number of hydrogen-bond acceptors (Lipinski definition) is 5. The second kappa shape index (κ2) is 7.25. The Morgan fingerprint density at radius 2 is 2.03 bits per heavy atom. The number of hydrogen-bond donors (Lipinski definition) is 0. The summed E-state index contributed by atoms with van der Waals surface area (Å²) in [6.07, 6.45) is 6.77. The molecule has 1 atom stereocenters. The third kappa shape index (κ3) is 3.08. The monoisotopic (exact) mass is 403 g/mol. The van der Waals surface area contributed by atoms with Crippen molar-refractivity contribution in [2.45, 2.75) is 25.4 Å². The first-order valence-corrected chi connectivity index (χ1v) is 9.91. The number of nitrogens with zero attached hydrogens (tertiary/aromatic N) is 7. The summed E-state index contributed by atoms with van der Waals surface area (Å²) in [4.78, 5) is 31.6. The molecule has 1 fully saturated rings. The van der Waals surface area contributed by atoms with Gasteiger partial charge in [-0.05, 0) is 25.0 Å². The molecule has 0 N–H and O–H groups in total. The van der Waals surface area contributed by atoms with Gasteiger partial charge < -0.3 is 4.90 Å². The van der Waals surface area contributed by atoms with Crippen LogP contribution in [0.3, 0.4) is 0 Å². The molecule has 0 bridgehead atoms. The predicted molar refractivity (Wildman–Crippen MR) is 110 cm³/mol. The van der Waals surface area contributed by atoms with Crippen molar-refractivity contribution in [1.82, 2.24) is 34.0 Å². The number of imidazole rings is 1. The molecule has 1 unspecified atom stereocenters. The number of fused-ring (bicyclic) bond motifs is 1. The zero-order valence-electron chi connectivity index (χ0n) is 16.5. The highest BCUT2D eigenvalue weighted by Crippen LogP contribution is 2.24. The molecule has 1 amide bonds. The van der Waals surface area contributed by atoms with Gasteiger partial charge in [0.25, 0.3) is 11.5 Å². The Kier molecular flexibility index (Phi) is 4.42. The molecule has 0 saturated carbocycles. The van der Waals surface area contributed by atoms with Crippen molar-refractivity contribution in [2.75, 3.05) is 6.54 Å². The normalized spacial score (nSPS) is 16.4. The highest BCUT2D eigenvalue weighted by molar-refractivity contribution is 6.05. The van der Waals surface area contributed by atoms with Crippen molar-refractivity contribution in [3.8, 4) is 5.82 Å². The van der Waals surface area contributed by atoms with Crippen LogP contribution < -0.4 is 5.56 Å².